The molecule has 2 amide bonds. The third-order valence-electron chi connectivity index (χ3n) is 6.09. The summed E-state index contributed by atoms with van der Waals surface area (Å²) in [6, 6.07) is 0.319. The van der Waals surface area contributed by atoms with Gasteiger partial charge in [0.2, 0.25) is 5.91 Å². The van der Waals surface area contributed by atoms with E-state index in [4.69, 9.17) is 4.74 Å². The summed E-state index contributed by atoms with van der Waals surface area (Å²) >= 11 is 0. The number of hydrogen-bond donors (Lipinski definition) is 0. The molecule has 0 aromatic carbocycles. The van der Waals surface area contributed by atoms with Gasteiger partial charge < -0.3 is 14.5 Å². The number of ether oxygens (including phenoxy) is 1. The average molecular weight is 306 g/mol. The molecule has 0 N–H and O–H groups in total. The van der Waals surface area contributed by atoms with Crippen LogP contribution < -0.4 is 0 Å². The summed E-state index contributed by atoms with van der Waals surface area (Å²) in [6.07, 6.45) is 8.27. The number of hydrogen-bond acceptors (Lipinski definition) is 3. The first kappa shape index (κ1) is 14.3. The van der Waals surface area contributed by atoms with Gasteiger partial charge >= 0.3 is 6.09 Å². The van der Waals surface area contributed by atoms with Crippen LogP contribution in [0.25, 0.3) is 0 Å². The van der Waals surface area contributed by atoms with Crippen molar-refractivity contribution in [2.24, 2.45) is 11.8 Å². The maximum atomic E-state index is 12.5. The Morgan fingerprint density at radius 2 is 1.77 bits per heavy atom. The summed E-state index contributed by atoms with van der Waals surface area (Å²) in [4.78, 5) is 28.9. The molecule has 3 saturated heterocycles. The Balaban J connectivity index is 1.44. The highest BCUT2D eigenvalue weighted by atomic mass is 16.6. The van der Waals surface area contributed by atoms with Crippen LogP contribution in [-0.2, 0) is 9.53 Å². The Labute approximate surface area is 132 Å². The standard InChI is InChI=1S/C17H26N2O3/c20-16-12-10-13(14-6-2-5-9-19(14)16)15(11-12)22-17(21)18-7-3-1-4-8-18/h12-15H,1-11H2/t12-,13-,14-,15-/m1/s1. The first-order valence-corrected chi connectivity index (χ1v) is 9.00. The van der Waals surface area contributed by atoms with Crippen LogP contribution >= 0.6 is 0 Å². The van der Waals surface area contributed by atoms with Crippen molar-refractivity contribution in [1.29, 1.82) is 0 Å². The van der Waals surface area contributed by atoms with Crippen molar-refractivity contribution >= 4 is 12.0 Å². The molecule has 5 nitrogen and oxygen atoms in total. The van der Waals surface area contributed by atoms with Gasteiger partial charge in [0.15, 0.2) is 0 Å². The number of carbonyl (C=O) groups is 2. The lowest BCUT2D eigenvalue weighted by molar-refractivity contribution is -0.143. The number of piperidine rings is 3. The van der Waals surface area contributed by atoms with Crippen LogP contribution in [0.15, 0.2) is 0 Å². The molecular weight excluding hydrogens is 280 g/mol. The molecule has 4 aliphatic rings. The molecule has 122 valence electrons. The lowest BCUT2D eigenvalue weighted by Crippen LogP contribution is -2.53. The van der Waals surface area contributed by atoms with E-state index in [1.54, 1.807) is 0 Å². The second-order valence-electron chi connectivity index (χ2n) is 7.40. The van der Waals surface area contributed by atoms with E-state index < -0.39 is 0 Å². The van der Waals surface area contributed by atoms with Crippen LogP contribution in [0.3, 0.4) is 0 Å². The average Bonchev–Trinajstić information content (AvgIpc) is 2.94. The maximum absolute atomic E-state index is 12.5. The van der Waals surface area contributed by atoms with Crippen molar-refractivity contribution in [3.05, 3.63) is 0 Å². The van der Waals surface area contributed by atoms with E-state index in [9.17, 15) is 9.59 Å². The molecule has 3 heterocycles. The number of nitrogens with zero attached hydrogens (tertiary/aromatic N) is 2. The van der Waals surface area contributed by atoms with E-state index in [0.717, 1.165) is 58.2 Å². The van der Waals surface area contributed by atoms with Crippen molar-refractivity contribution in [3.8, 4) is 0 Å². The fourth-order valence-electron chi connectivity index (χ4n) is 4.96. The fraction of sp³-hybridized carbons (Fsp3) is 0.882. The Morgan fingerprint density at radius 1 is 1.00 bits per heavy atom. The summed E-state index contributed by atoms with van der Waals surface area (Å²) in [5, 5.41) is 0. The van der Waals surface area contributed by atoms with Crippen molar-refractivity contribution < 1.29 is 14.3 Å². The molecule has 4 rings (SSSR count). The predicted octanol–water partition coefficient (Wildman–Crippen LogP) is 2.40. The summed E-state index contributed by atoms with van der Waals surface area (Å²) in [5.41, 5.74) is 0. The van der Waals surface area contributed by atoms with Gasteiger partial charge in [-0.3, -0.25) is 4.79 Å². The van der Waals surface area contributed by atoms with E-state index in [1.165, 1.54) is 12.8 Å². The molecule has 0 aromatic rings. The number of likely N-dealkylation sites (tertiary alicyclic amines) is 1. The number of carbonyl (C=O) groups excluding carboxylic acids is 2. The number of fused-ring (bicyclic) bond motifs is 4. The Hall–Kier alpha value is -1.26. The molecule has 5 heteroatoms. The molecular formula is C17H26N2O3. The molecule has 4 atom stereocenters. The molecule has 1 saturated carbocycles. The quantitative estimate of drug-likeness (QED) is 0.747. The zero-order valence-corrected chi connectivity index (χ0v) is 13.2. The molecule has 0 aromatic heterocycles. The van der Waals surface area contributed by atoms with Crippen molar-refractivity contribution in [2.75, 3.05) is 19.6 Å². The second kappa shape index (κ2) is 5.74. The first-order valence-electron chi connectivity index (χ1n) is 9.00. The van der Waals surface area contributed by atoms with Gasteiger partial charge in [0.25, 0.3) is 0 Å². The largest absolute Gasteiger partial charge is 0.446 e. The molecule has 0 spiro atoms. The summed E-state index contributed by atoms with van der Waals surface area (Å²) < 4.78 is 5.87. The lowest BCUT2D eigenvalue weighted by Gasteiger charge is -2.43. The molecule has 2 bridgehead atoms. The van der Waals surface area contributed by atoms with Crippen LogP contribution in [0.1, 0.15) is 51.4 Å². The van der Waals surface area contributed by atoms with E-state index >= 15 is 0 Å². The molecule has 3 aliphatic heterocycles. The van der Waals surface area contributed by atoms with Gasteiger partial charge in [-0.05, 0) is 51.4 Å². The normalized spacial score (nSPS) is 37.9. The van der Waals surface area contributed by atoms with E-state index in [1.807, 2.05) is 4.90 Å². The first-order chi connectivity index (χ1) is 10.7. The van der Waals surface area contributed by atoms with Crippen LogP contribution in [0, 0.1) is 11.8 Å². The zero-order chi connectivity index (χ0) is 15.1. The highest BCUT2D eigenvalue weighted by Gasteiger charge is 2.52. The van der Waals surface area contributed by atoms with Gasteiger partial charge in [0, 0.05) is 37.5 Å². The lowest BCUT2D eigenvalue weighted by atomic mass is 9.84. The topological polar surface area (TPSA) is 49.9 Å². The summed E-state index contributed by atoms with van der Waals surface area (Å²) in [5.74, 6) is 0.785. The van der Waals surface area contributed by atoms with Crippen molar-refractivity contribution in [1.82, 2.24) is 9.80 Å². The number of amides is 2. The third-order valence-corrected chi connectivity index (χ3v) is 6.09. The van der Waals surface area contributed by atoms with Gasteiger partial charge in [0.1, 0.15) is 6.10 Å². The SMILES string of the molecule is O=C(O[C@@H]1C[C@H]2C[C@@H]1[C@H]1CCCCN1C2=O)N1CCCCC1. The zero-order valence-electron chi connectivity index (χ0n) is 13.2. The second-order valence-corrected chi connectivity index (χ2v) is 7.40. The van der Waals surface area contributed by atoms with Crippen LogP contribution in [0.5, 0.6) is 0 Å². The van der Waals surface area contributed by atoms with E-state index in [0.29, 0.717) is 17.9 Å². The molecule has 1 aliphatic carbocycles. The van der Waals surface area contributed by atoms with Gasteiger partial charge in [-0.1, -0.05) is 0 Å². The minimum absolute atomic E-state index is 0.0449. The highest BCUT2D eigenvalue weighted by Crippen LogP contribution is 2.45. The van der Waals surface area contributed by atoms with E-state index in [2.05, 4.69) is 4.90 Å². The highest BCUT2D eigenvalue weighted by molar-refractivity contribution is 5.81. The van der Waals surface area contributed by atoms with Gasteiger partial charge in [-0.15, -0.1) is 0 Å². The fourth-order valence-corrected chi connectivity index (χ4v) is 4.96. The number of rotatable bonds is 1. The smallest absolute Gasteiger partial charge is 0.410 e. The van der Waals surface area contributed by atoms with Crippen LogP contribution in [0.2, 0.25) is 0 Å². The maximum Gasteiger partial charge on any atom is 0.410 e. The molecule has 22 heavy (non-hydrogen) atoms. The molecule has 0 unspecified atom stereocenters. The Bertz CT molecular complexity index is 461. The molecule has 4 fully saturated rings. The summed E-state index contributed by atoms with van der Waals surface area (Å²) in [6.45, 7) is 2.56. The Morgan fingerprint density at radius 3 is 2.59 bits per heavy atom. The predicted molar refractivity (Wildman–Crippen MR) is 81.3 cm³/mol. The van der Waals surface area contributed by atoms with Crippen LogP contribution in [0.4, 0.5) is 4.79 Å². The minimum Gasteiger partial charge on any atom is -0.446 e. The van der Waals surface area contributed by atoms with Crippen LogP contribution in [-0.4, -0.2) is 53.6 Å². The monoisotopic (exact) mass is 306 g/mol. The van der Waals surface area contributed by atoms with Crippen molar-refractivity contribution in [2.45, 2.75) is 63.5 Å². The van der Waals surface area contributed by atoms with E-state index in [-0.39, 0.29) is 18.1 Å². The van der Waals surface area contributed by atoms with Gasteiger partial charge in [0.05, 0.1) is 0 Å². The van der Waals surface area contributed by atoms with Gasteiger partial charge in [-0.25, -0.2) is 4.79 Å². The third kappa shape index (κ3) is 2.38. The summed E-state index contributed by atoms with van der Waals surface area (Å²) in [7, 11) is 0. The minimum atomic E-state index is -0.146. The molecule has 0 radical (unpaired) electrons. The van der Waals surface area contributed by atoms with Crippen molar-refractivity contribution in [3.63, 3.8) is 0 Å². The Kier molecular flexibility index (Phi) is 3.74. The van der Waals surface area contributed by atoms with Gasteiger partial charge in [-0.2, -0.15) is 0 Å².